The lowest BCUT2D eigenvalue weighted by molar-refractivity contribution is -0.883. The van der Waals surface area contributed by atoms with E-state index >= 15 is 0 Å². The van der Waals surface area contributed by atoms with Gasteiger partial charge in [0.2, 0.25) is 11.8 Å². The van der Waals surface area contributed by atoms with Crippen LogP contribution in [0, 0.1) is 35.5 Å². The maximum absolute atomic E-state index is 12.8. The Labute approximate surface area is 597 Å². The van der Waals surface area contributed by atoms with Crippen LogP contribution in [-0.4, -0.2) is 113 Å². The van der Waals surface area contributed by atoms with Crippen LogP contribution in [0.3, 0.4) is 0 Å². The first-order valence-electron chi connectivity index (χ1n) is 42.3. The normalized spacial score (nSPS) is 16.0. The van der Waals surface area contributed by atoms with Crippen molar-refractivity contribution in [2.24, 2.45) is 35.5 Å². The number of nitrogens with one attached hydrogen (secondary N) is 2. The summed E-state index contributed by atoms with van der Waals surface area (Å²) in [5, 5.41) is 6.30. The molecule has 1 aliphatic rings. The summed E-state index contributed by atoms with van der Waals surface area (Å²) in [5.41, 5.74) is 0. The number of unbranched alkanes of at least 4 members (excludes halogenated alkanes) is 39. The van der Waals surface area contributed by atoms with Crippen molar-refractivity contribution in [1.82, 2.24) is 10.6 Å². The molecule has 0 bridgehead atoms. The lowest BCUT2D eigenvalue weighted by Crippen LogP contribution is -2.46. The monoisotopic (exact) mass is 1350 g/mol. The summed E-state index contributed by atoms with van der Waals surface area (Å²) in [6.45, 7) is 18.7. The smallest absolute Gasteiger partial charge is 0.361 e. The number of likely N-dealkylation sites (N-methyl/N-ethyl adjacent to an activating group) is 2. The number of quaternary nitrogens is 2. The van der Waals surface area contributed by atoms with Crippen LogP contribution in [0.4, 0.5) is 0 Å². The molecule has 10 nitrogen and oxygen atoms in total. The zero-order valence-electron chi connectivity index (χ0n) is 66.0. The van der Waals surface area contributed by atoms with Gasteiger partial charge in [0.25, 0.3) is 0 Å². The van der Waals surface area contributed by atoms with Crippen LogP contribution in [0.5, 0.6) is 0 Å². The Kier molecular flexibility index (Phi) is 61.2. The molecule has 10 heteroatoms. The van der Waals surface area contributed by atoms with Gasteiger partial charge in [0.1, 0.15) is 0 Å². The van der Waals surface area contributed by atoms with Gasteiger partial charge in [-0.2, -0.15) is 0 Å². The largest absolute Gasteiger partial charge is 0.462 e. The van der Waals surface area contributed by atoms with Crippen molar-refractivity contribution in [3.63, 3.8) is 0 Å². The standard InChI is InChI=1S/C86H164N4O6/c1-11-13-15-49-61-79-67-68-80(62-50-41-38-44-54-66-84(92)88-70-58-72-90(9,10)76-86(94)96-74-56-46-37-30-26-22-18-20-24-28-33-40-48-60-78(5)6)82(81(79)63-51-16-14-12-2)64-52-42-34-31-35-43-53-65-83(91)87-69-57-71-89(7,8)75-85(93)95-73-55-45-36-29-25-21-17-19-23-27-32-39-47-59-77(3)4/h52,64,67-68,77-82H,11-51,53-63,65-66,69-76H2,1-10H3/p+2. The molecule has 0 aromatic heterocycles. The highest BCUT2D eigenvalue weighted by Crippen LogP contribution is 2.43. The van der Waals surface area contributed by atoms with Crippen LogP contribution < -0.4 is 10.6 Å². The second kappa shape index (κ2) is 64.4. The van der Waals surface area contributed by atoms with Gasteiger partial charge in [-0.15, -0.1) is 0 Å². The van der Waals surface area contributed by atoms with Crippen molar-refractivity contribution in [3.8, 4) is 0 Å². The van der Waals surface area contributed by atoms with Crippen LogP contribution in [0.25, 0.3) is 0 Å². The molecular formula is C86H166N4O6+2. The third kappa shape index (κ3) is 59.0. The molecule has 1 rings (SSSR count). The molecule has 0 aromatic carbocycles. The highest BCUT2D eigenvalue weighted by molar-refractivity contribution is 5.76. The summed E-state index contributed by atoms with van der Waals surface area (Å²) >= 11 is 0. The minimum absolute atomic E-state index is 0.110. The molecule has 0 radical (unpaired) electrons. The van der Waals surface area contributed by atoms with Gasteiger partial charge >= 0.3 is 11.9 Å². The number of rotatable bonds is 71. The zero-order valence-corrected chi connectivity index (χ0v) is 66.0. The van der Waals surface area contributed by atoms with Crippen molar-refractivity contribution >= 4 is 23.8 Å². The second-order valence-electron chi connectivity index (χ2n) is 32.7. The molecule has 0 spiro atoms. The van der Waals surface area contributed by atoms with Gasteiger partial charge in [0.05, 0.1) is 54.5 Å². The number of amides is 2. The molecule has 4 unspecified atom stereocenters. The minimum Gasteiger partial charge on any atom is -0.462 e. The van der Waals surface area contributed by atoms with E-state index in [0.717, 1.165) is 101 Å². The number of nitrogens with zero attached hydrogens (tertiary/aromatic N) is 2. The highest BCUT2D eigenvalue weighted by Gasteiger charge is 2.34. The quantitative estimate of drug-likeness (QED) is 0.0272. The highest BCUT2D eigenvalue weighted by atomic mass is 16.5. The first kappa shape index (κ1) is 91.3. The van der Waals surface area contributed by atoms with Gasteiger partial charge in [-0.3, -0.25) is 9.59 Å². The predicted molar refractivity (Wildman–Crippen MR) is 414 cm³/mol. The van der Waals surface area contributed by atoms with Crippen molar-refractivity contribution in [2.45, 2.75) is 388 Å². The van der Waals surface area contributed by atoms with Crippen molar-refractivity contribution in [2.75, 3.05) is 80.7 Å². The fourth-order valence-corrected chi connectivity index (χ4v) is 14.8. The molecule has 1 aliphatic carbocycles. The van der Waals surface area contributed by atoms with Crippen LogP contribution >= 0.6 is 0 Å². The first-order chi connectivity index (χ1) is 46.5. The number of allylic oxidation sites excluding steroid dienone is 4. The van der Waals surface area contributed by atoms with Crippen molar-refractivity contribution in [3.05, 3.63) is 24.3 Å². The van der Waals surface area contributed by atoms with E-state index in [1.807, 2.05) is 0 Å². The Morgan fingerprint density at radius 2 is 0.708 bits per heavy atom. The zero-order chi connectivity index (χ0) is 70.3. The molecule has 0 heterocycles. The lowest BCUT2D eigenvalue weighted by atomic mass is 9.66. The van der Waals surface area contributed by atoms with Gasteiger partial charge in [-0.25, -0.2) is 9.59 Å². The maximum atomic E-state index is 12.8. The summed E-state index contributed by atoms with van der Waals surface area (Å²) in [6.07, 6.45) is 77.6. The summed E-state index contributed by atoms with van der Waals surface area (Å²) in [6, 6.07) is 0. The number of hydrogen-bond acceptors (Lipinski definition) is 6. The van der Waals surface area contributed by atoms with Crippen molar-refractivity contribution < 1.29 is 37.6 Å². The molecule has 0 aliphatic heterocycles. The van der Waals surface area contributed by atoms with E-state index < -0.39 is 0 Å². The van der Waals surface area contributed by atoms with E-state index in [9.17, 15) is 19.2 Å². The van der Waals surface area contributed by atoms with Crippen LogP contribution in [0.15, 0.2) is 24.3 Å². The average molecular weight is 1350 g/mol. The van der Waals surface area contributed by atoms with E-state index in [4.69, 9.17) is 9.47 Å². The van der Waals surface area contributed by atoms with Crippen LogP contribution in [0.2, 0.25) is 0 Å². The topological polar surface area (TPSA) is 111 Å². The van der Waals surface area contributed by atoms with Gasteiger partial charge in [0.15, 0.2) is 13.1 Å². The third-order valence-corrected chi connectivity index (χ3v) is 21.0. The fourth-order valence-electron chi connectivity index (χ4n) is 14.8. The number of carbonyl (C=O) groups is 4. The van der Waals surface area contributed by atoms with Gasteiger partial charge in [-0.05, 0) is 93.3 Å². The summed E-state index contributed by atoms with van der Waals surface area (Å²) < 4.78 is 12.4. The van der Waals surface area contributed by atoms with Gasteiger partial charge in [0, 0.05) is 38.8 Å². The Hall–Kier alpha value is -2.72. The summed E-state index contributed by atoms with van der Waals surface area (Å²) in [7, 11) is 8.34. The second-order valence-corrected chi connectivity index (χ2v) is 32.7. The summed E-state index contributed by atoms with van der Waals surface area (Å²) in [4.78, 5) is 50.9. The van der Waals surface area contributed by atoms with E-state index in [1.54, 1.807) is 0 Å². The Balaban J connectivity index is 2.33. The average Bonchev–Trinajstić information content (AvgIpc) is 0.839. The fraction of sp³-hybridized carbons (Fsp3) is 0.907. The third-order valence-electron chi connectivity index (χ3n) is 21.0. The minimum atomic E-state index is -0.111. The Morgan fingerprint density at radius 1 is 0.385 bits per heavy atom. The lowest BCUT2D eigenvalue weighted by Gasteiger charge is -2.39. The van der Waals surface area contributed by atoms with Gasteiger partial charge in [-0.1, -0.05) is 329 Å². The van der Waals surface area contributed by atoms with Crippen LogP contribution in [-0.2, 0) is 28.7 Å². The molecule has 2 N–H and O–H groups in total. The maximum Gasteiger partial charge on any atom is 0.361 e. The first-order valence-corrected chi connectivity index (χ1v) is 42.3. The Bertz CT molecular complexity index is 1850. The number of esters is 2. The Morgan fingerprint density at radius 3 is 1.10 bits per heavy atom. The van der Waals surface area contributed by atoms with E-state index in [2.05, 4.69) is 105 Å². The van der Waals surface area contributed by atoms with Crippen LogP contribution in [0.1, 0.15) is 388 Å². The number of hydrogen-bond donors (Lipinski definition) is 2. The molecule has 0 fully saturated rings. The number of ether oxygens (including phenoxy) is 2. The molecule has 96 heavy (non-hydrogen) atoms. The molecule has 2 amide bonds. The molecule has 564 valence electrons. The SMILES string of the molecule is CCCCCCC1C=CC(CCCCCCCC(=O)NCCC[N+](C)(C)CC(=O)OCCCCCCCCCCCCCCCC(C)C)C(C=CCCCCCCCC(=O)NCCC[N+](C)(C)CC(=O)OCCCCCCCCCCCCCCCC(C)C)C1CCCCCC. The van der Waals surface area contributed by atoms with E-state index in [0.29, 0.717) is 79.0 Å². The van der Waals surface area contributed by atoms with Crippen molar-refractivity contribution in [1.29, 1.82) is 0 Å². The van der Waals surface area contributed by atoms with Gasteiger partial charge < -0.3 is 29.1 Å². The number of carbonyl (C=O) groups excluding carboxylic acids is 4. The van der Waals surface area contributed by atoms with E-state index in [-0.39, 0.29) is 23.8 Å². The molecular weight excluding hydrogens is 1180 g/mol. The molecule has 0 saturated heterocycles. The predicted octanol–water partition coefficient (Wildman–Crippen LogP) is 23.5. The summed E-state index contributed by atoms with van der Waals surface area (Å²) in [5.74, 6) is 4.45. The molecule has 4 atom stereocenters. The molecule has 0 saturated carbocycles. The van der Waals surface area contributed by atoms with E-state index in [1.165, 1.54) is 263 Å². The molecule has 0 aromatic rings.